The van der Waals surface area contributed by atoms with Crippen LogP contribution in [-0.2, 0) is 10.1 Å². The molecule has 0 aromatic rings. The maximum Gasteiger partial charge on any atom is 0.267 e. The fourth-order valence-corrected chi connectivity index (χ4v) is 1.46. The fraction of sp³-hybridized carbons (Fsp3) is 1.00. The third-order valence-electron chi connectivity index (χ3n) is 2.25. The van der Waals surface area contributed by atoms with Gasteiger partial charge in [0.25, 0.3) is 10.1 Å². The highest BCUT2D eigenvalue weighted by Gasteiger charge is 2.17. The lowest BCUT2D eigenvalue weighted by molar-refractivity contribution is 0.297. The monoisotopic (exact) mass is 227 g/mol. The van der Waals surface area contributed by atoms with E-state index >= 15 is 0 Å². The van der Waals surface area contributed by atoms with Gasteiger partial charge in [0.1, 0.15) is 0 Å². The van der Waals surface area contributed by atoms with Gasteiger partial charge in [-0.1, -0.05) is 13.8 Å². The minimum atomic E-state index is -3.84. The van der Waals surface area contributed by atoms with E-state index in [1.807, 2.05) is 13.8 Å². The van der Waals surface area contributed by atoms with Gasteiger partial charge in [-0.3, -0.25) is 4.55 Å². The zero-order valence-corrected chi connectivity index (χ0v) is 9.84. The lowest BCUT2D eigenvalue weighted by Gasteiger charge is -2.19. The maximum absolute atomic E-state index is 10.7. The molecule has 0 spiro atoms. The van der Waals surface area contributed by atoms with Crippen LogP contribution in [0.3, 0.4) is 0 Å². The SMILES string of the molecule is CCN(CC)CCC(C)S(=O)(=O)O.O. The molecular formula is C8H21NO4S. The summed E-state index contributed by atoms with van der Waals surface area (Å²) in [5, 5.41) is -0.659. The molecule has 0 aliphatic rings. The molecule has 14 heavy (non-hydrogen) atoms. The van der Waals surface area contributed by atoms with Gasteiger partial charge in [0.2, 0.25) is 0 Å². The molecule has 0 amide bonds. The van der Waals surface area contributed by atoms with E-state index in [2.05, 4.69) is 4.90 Å². The number of hydrogen-bond acceptors (Lipinski definition) is 3. The van der Waals surface area contributed by atoms with Crippen molar-refractivity contribution in [1.29, 1.82) is 0 Å². The summed E-state index contributed by atoms with van der Waals surface area (Å²) in [5.41, 5.74) is 0. The average molecular weight is 227 g/mol. The van der Waals surface area contributed by atoms with Crippen molar-refractivity contribution in [3.8, 4) is 0 Å². The Morgan fingerprint density at radius 3 is 2.00 bits per heavy atom. The van der Waals surface area contributed by atoms with Crippen LogP contribution in [0.1, 0.15) is 27.2 Å². The summed E-state index contributed by atoms with van der Waals surface area (Å²) in [4.78, 5) is 2.13. The highest BCUT2D eigenvalue weighted by atomic mass is 32.2. The molecule has 0 aliphatic carbocycles. The van der Waals surface area contributed by atoms with Gasteiger partial charge in [-0.15, -0.1) is 0 Å². The van der Waals surface area contributed by atoms with Crippen LogP contribution in [0.5, 0.6) is 0 Å². The molecule has 1 unspecified atom stereocenters. The Balaban J connectivity index is 0. The third-order valence-corrected chi connectivity index (χ3v) is 3.51. The highest BCUT2D eigenvalue weighted by Crippen LogP contribution is 2.04. The molecule has 0 saturated heterocycles. The predicted molar refractivity (Wildman–Crippen MR) is 57.0 cm³/mol. The van der Waals surface area contributed by atoms with Gasteiger partial charge < -0.3 is 10.4 Å². The summed E-state index contributed by atoms with van der Waals surface area (Å²) in [6.07, 6.45) is 0.487. The molecule has 0 saturated carbocycles. The van der Waals surface area contributed by atoms with Gasteiger partial charge in [-0.2, -0.15) is 8.42 Å². The second kappa shape index (κ2) is 7.17. The molecule has 3 N–H and O–H groups in total. The lowest BCUT2D eigenvalue weighted by Crippen LogP contribution is -2.28. The molecule has 0 aliphatic heterocycles. The van der Waals surface area contributed by atoms with Gasteiger partial charge >= 0.3 is 0 Å². The summed E-state index contributed by atoms with van der Waals surface area (Å²) < 4.78 is 30.0. The van der Waals surface area contributed by atoms with Crippen LogP contribution in [-0.4, -0.2) is 48.2 Å². The van der Waals surface area contributed by atoms with E-state index in [1.54, 1.807) is 0 Å². The zero-order valence-electron chi connectivity index (χ0n) is 9.02. The summed E-state index contributed by atoms with van der Waals surface area (Å²) in [5.74, 6) is 0. The van der Waals surface area contributed by atoms with Crippen molar-refractivity contribution in [2.75, 3.05) is 19.6 Å². The van der Waals surface area contributed by atoms with Crippen molar-refractivity contribution in [3.05, 3.63) is 0 Å². The average Bonchev–Trinajstić information content (AvgIpc) is 2.04. The first kappa shape index (κ1) is 16.3. The van der Waals surface area contributed by atoms with Crippen LogP contribution in [0.2, 0.25) is 0 Å². The molecule has 0 aromatic heterocycles. The fourth-order valence-electron chi connectivity index (χ4n) is 1.05. The Morgan fingerprint density at radius 1 is 1.29 bits per heavy atom. The first-order valence-corrected chi connectivity index (χ1v) is 6.10. The van der Waals surface area contributed by atoms with Crippen molar-refractivity contribution in [2.45, 2.75) is 32.4 Å². The van der Waals surface area contributed by atoms with Crippen LogP contribution in [0.15, 0.2) is 0 Å². The number of nitrogens with zero attached hydrogens (tertiary/aromatic N) is 1. The molecule has 0 aromatic carbocycles. The first-order valence-electron chi connectivity index (χ1n) is 4.60. The van der Waals surface area contributed by atoms with E-state index in [-0.39, 0.29) is 5.48 Å². The Hall–Kier alpha value is -0.170. The van der Waals surface area contributed by atoms with E-state index in [9.17, 15) is 8.42 Å². The minimum absolute atomic E-state index is 0. The van der Waals surface area contributed by atoms with E-state index in [4.69, 9.17) is 4.55 Å². The quantitative estimate of drug-likeness (QED) is 0.655. The highest BCUT2D eigenvalue weighted by molar-refractivity contribution is 7.86. The van der Waals surface area contributed by atoms with Gasteiger partial charge in [-0.05, 0) is 33.0 Å². The maximum atomic E-state index is 10.7. The van der Waals surface area contributed by atoms with Crippen molar-refractivity contribution < 1.29 is 18.4 Å². The Kier molecular flexibility index (Phi) is 8.33. The molecule has 0 fully saturated rings. The largest absolute Gasteiger partial charge is 0.412 e. The molecule has 0 rings (SSSR count). The molecule has 5 nitrogen and oxygen atoms in total. The summed E-state index contributed by atoms with van der Waals surface area (Å²) >= 11 is 0. The number of hydrogen-bond donors (Lipinski definition) is 1. The Morgan fingerprint density at radius 2 is 1.71 bits per heavy atom. The Labute approximate surface area is 86.2 Å². The first-order chi connectivity index (χ1) is 5.91. The standard InChI is InChI=1S/C8H19NO3S.H2O/c1-4-9(5-2)7-6-8(3)13(10,11)12;/h8H,4-7H2,1-3H3,(H,10,11,12);1H2. The van der Waals surface area contributed by atoms with E-state index in [0.29, 0.717) is 13.0 Å². The molecule has 0 heterocycles. The predicted octanol–water partition coefficient (Wildman–Crippen LogP) is 0.170. The van der Waals surface area contributed by atoms with Gasteiger partial charge in [-0.25, -0.2) is 0 Å². The van der Waals surface area contributed by atoms with E-state index in [1.165, 1.54) is 6.92 Å². The van der Waals surface area contributed by atoms with Crippen LogP contribution < -0.4 is 0 Å². The van der Waals surface area contributed by atoms with E-state index < -0.39 is 15.4 Å². The summed E-state index contributed by atoms with van der Waals surface area (Å²) in [6, 6.07) is 0. The van der Waals surface area contributed by atoms with Crippen LogP contribution in [0, 0.1) is 0 Å². The molecular weight excluding hydrogens is 206 g/mol. The van der Waals surface area contributed by atoms with Crippen molar-refractivity contribution in [2.24, 2.45) is 0 Å². The zero-order chi connectivity index (χ0) is 10.5. The van der Waals surface area contributed by atoms with Crippen LogP contribution in [0.4, 0.5) is 0 Å². The number of rotatable bonds is 6. The molecule has 1 atom stereocenters. The van der Waals surface area contributed by atoms with Gasteiger partial charge in [0.05, 0.1) is 5.25 Å². The third kappa shape index (κ3) is 6.31. The van der Waals surface area contributed by atoms with Crippen LogP contribution >= 0.6 is 0 Å². The second-order valence-electron chi connectivity index (χ2n) is 3.14. The summed E-state index contributed by atoms with van der Waals surface area (Å²) in [6.45, 7) is 8.12. The van der Waals surface area contributed by atoms with Crippen molar-refractivity contribution >= 4 is 10.1 Å². The van der Waals surface area contributed by atoms with Crippen molar-refractivity contribution in [3.63, 3.8) is 0 Å². The van der Waals surface area contributed by atoms with E-state index in [0.717, 1.165) is 13.1 Å². The smallest absolute Gasteiger partial charge is 0.267 e. The van der Waals surface area contributed by atoms with Gasteiger partial charge in [0.15, 0.2) is 0 Å². The van der Waals surface area contributed by atoms with Gasteiger partial charge in [0, 0.05) is 0 Å². The molecule has 0 bridgehead atoms. The lowest BCUT2D eigenvalue weighted by atomic mass is 10.3. The second-order valence-corrected chi connectivity index (χ2v) is 4.98. The van der Waals surface area contributed by atoms with Crippen molar-refractivity contribution in [1.82, 2.24) is 4.90 Å². The normalized spacial score (nSPS) is 13.8. The van der Waals surface area contributed by atoms with Crippen LogP contribution in [0.25, 0.3) is 0 Å². The summed E-state index contributed by atoms with van der Waals surface area (Å²) in [7, 11) is -3.84. The molecule has 0 radical (unpaired) electrons. The topological polar surface area (TPSA) is 89.1 Å². The Bertz CT molecular complexity index is 223. The molecule has 6 heteroatoms. The molecule has 88 valence electrons. The minimum Gasteiger partial charge on any atom is -0.412 e.